The molecule has 1 atom stereocenters. The highest BCUT2D eigenvalue weighted by molar-refractivity contribution is 6.21. The van der Waals surface area contributed by atoms with Gasteiger partial charge in [-0.2, -0.15) is 0 Å². The van der Waals surface area contributed by atoms with E-state index in [2.05, 4.69) is 0 Å². The number of nitrogens with zero attached hydrogens (tertiary/aromatic N) is 1. The first-order valence-corrected chi connectivity index (χ1v) is 9.50. The second kappa shape index (κ2) is 7.43. The summed E-state index contributed by atoms with van der Waals surface area (Å²) in [5.41, 5.74) is 0.846. The lowest BCUT2D eigenvalue weighted by Crippen LogP contribution is -2.41. The molecule has 1 fully saturated rings. The van der Waals surface area contributed by atoms with Gasteiger partial charge in [0.15, 0.2) is 6.23 Å². The molecule has 0 radical (unpaired) electrons. The van der Waals surface area contributed by atoms with Crippen molar-refractivity contribution in [2.45, 2.75) is 38.8 Å². The van der Waals surface area contributed by atoms with Gasteiger partial charge in [0.05, 0.1) is 17.7 Å². The summed E-state index contributed by atoms with van der Waals surface area (Å²) < 4.78 is 11.8. The third kappa shape index (κ3) is 3.54. The minimum atomic E-state index is -0.706. The fourth-order valence-corrected chi connectivity index (χ4v) is 3.82. The molecule has 0 bridgehead atoms. The van der Waals surface area contributed by atoms with Crippen molar-refractivity contribution in [3.05, 3.63) is 59.7 Å². The summed E-state index contributed by atoms with van der Waals surface area (Å²) in [6, 6.07) is 14.2. The number of amides is 2. The van der Waals surface area contributed by atoms with Crippen LogP contribution in [0.5, 0.6) is 11.5 Å². The summed E-state index contributed by atoms with van der Waals surface area (Å²) in [4.78, 5) is 26.3. The molecule has 0 saturated heterocycles. The SMILES string of the molecule is CC(Oc1cccc(OCC2CCCC2)c1)N1C(=O)c2ccccc2C1=O. The molecule has 2 aromatic rings. The number of hydrogen-bond donors (Lipinski definition) is 0. The fraction of sp³-hybridized carbons (Fsp3) is 0.364. The third-order valence-corrected chi connectivity index (χ3v) is 5.26. The molecule has 1 aliphatic carbocycles. The molecule has 1 saturated carbocycles. The first-order valence-electron chi connectivity index (χ1n) is 9.50. The fourth-order valence-electron chi connectivity index (χ4n) is 3.82. The maximum absolute atomic E-state index is 12.6. The molecule has 2 amide bonds. The Morgan fingerprint density at radius 1 is 0.963 bits per heavy atom. The molecule has 27 heavy (non-hydrogen) atoms. The summed E-state index contributed by atoms with van der Waals surface area (Å²) in [6.07, 6.45) is 4.33. The Kier molecular flexibility index (Phi) is 4.84. The highest BCUT2D eigenvalue weighted by atomic mass is 16.5. The van der Waals surface area contributed by atoms with E-state index in [-0.39, 0.29) is 11.8 Å². The van der Waals surface area contributed by atoms with E-state index in [4.69, 9.17) is 9.47 Å². The van der Waals surface area contributed by atoms with Crippen LogP contribution in [0.3, 0.4) is 0 Å². The van der Waals surface area contributed by atoms with Crippen LogP contribution in [0.4, 0.5) is 0 Å². The predicted molar refractivity (Wildman–Crippen MR) is 101 cm³/mol. The highest BCUT2D eigenvalue weighted by Gasteiger charge is 2.39. The Morgan fingerprint density at radius 2 is 1.59 bits per heavy atom. The Bertz CT molecular complexity index is 822. The van der Waals surface area contributed by atoms with Crippen LogP contribution in [0.2, 0.25) is 0 Å². The number of rotatable bonds is 6. The van der Waals surface area contributed by atoms with Gasteiger partial charge in [0, 0.05) is 6.07 Å². The third-order valence-electron chi connectivity index (χ3n) is 5.26. The Morgan fingerprint density at radius 3 is 2.26 bits per heavy atom. The lowest BCUT2D eigenvalue weighted by atomic mass is 10.1. The zero-order chi connectivity index (χ0) is 18.8. The van der Waals surface area contributed by atoms with Gasteiger partial charge in [-0.1, -0.05) is 31.0 Å². The van der Waals surface area contributed by atoms with Crippen molar-refractivity contribution in [3.8, 4) is 11.5 Å². The molecule has 140 valence electrons. The molecule has 1 aliphatic heterocycles. The maximum atomic E-state index is 12.6. The predicted octanol–water partition coefficient (Wildman–Crippen LogP) is 4.28. The van der Waals surface area contributed by atoms with Crippen LogP contribution in [0, 0.1) is 5.92 Å². The van der Waals surface area contributed by atoms with Crippen LogP contribution in [0.25, 0.3) is 0 Å². The van der Waals surface area contributed by atoms with E-state index in [9.17, 15) is 9.59 Å². The summed E-state index contributed by atoms with van der Waals surface area (Å²) in [5, 5.41) is 0. The summed E-state index contributed by atoms with van der Waals surface area (Å²) >= 11 is 0. The average molecular weight is 365 g/mol. The Labute approximate surface area is 158 Å². The van der Waals surface area contributed by atoms with E-state index in [1.807, 2.05) is 18.2 Å². The minimum absolute atomic E-state index is 0.322. The molecule has 2 aliphatic rings. The molecule has 0 aromatic heterocycles. The van der Waals surface area contributed by atoms with Gasteiger partial charge in [-0.15, -0.1) is 0 Å². The van der Waals surface area contributed by atoms with Crippen LogP contribution in [-0.2, 0) is 0 Å². The highest BCUT2D eigenvalue weighted by Crippen LogP contribution is 2.29. The number of hydrogen-bond acceptors (Lipinski definition) is 4. The summed E-state index contributed by atoms with van der Waals surface area (Å²) in [6.45, 7) is 2.42. The minimum Gasteiger partial charge on any atom is -0.493 e. The van der Waals surface area contributed by atoms with E-state index < -0.39 is 6.23 Å². The largest absolute Gasteiger partial charge is 0.493 e. The summed E-state index contributed by atoms with van der Waals surface area (Å²) in [5.74, 6) is 1.30. The molecular weight excluding hydrogens is 342 g/mol. The van der Waals surface area contributed by atoms with Crippen molar-refractivity contribution < 1.29 is 19.1 Å². The molecule has 0 spiro atoms. The topological polar surface area (TPSA) is 55.8 Å². The smallest absolute Gasteiger partial charge is 0.264 e. The number of imide groups is 1. The lowest BCUT2D eigenvalue weighted by molar-refractivity contribution is 0.0297. The van der Waals surface area contributed by atoms with Gasteiger partial charge in [-0.05, 0) is 49.9 Å². The van der Waals surface area contributed by atoms with Gasteiger partial charge in [0.2, 0.25) is 0 Å². The van der Waals surface area contributed by atoms with E-state index in [0.29, 0.717) is 22.8 Å². The van der Waals surface area contributed by atoms with Gasteiger partial charge in [-0.3, -0.25) is 9.59 Å². The number of benzene rings is 2. The molecule has 1 unspecified atom stereocenters. The standard InChI is InChI=1S/C22H23NO4/c1-15(23-21(24)19-11-4-5-12-20(19)22(23)25)27-18-10-6-9-17(13-18)26-14-16-7-2-3-8-16/h4-6,9-13,15-16H,2-3,7-8,14H2,1H3. The van der Waals surface area contributed by atoms with E-state index in [1.165, 1.54) is 25.7 Å². The van der Waals surface area contributed by atoms with Gasteiger partial charge < -0.3 is 9.47 Å². The first-order chi connectivity index (χ1) is 13.1. The van der Waals surface area contributed by atoms with Gasteiger partial charge in [0.25, 0.3) is 11.8 Å². The second-order valence-corrected chi connectivity index (χ2v) is 7.18. The van der Waals surface area contributed by atoms with E-state index in [1.54, 1.807) is 37.3 Å². The molecule has 4 rings (SSSR count). The molecular formula is C22H23NO4. The zero-order valence-electron chi connectivity index (χ0n) is 15.4. The average Bonchev–Trinajstić information content (AvgIpc) is 3.28. The van der Waals surface area contributed by atoms with Gasteiger partial charge in [0.1, 0.15) is 11.5 Å². The van der Waals surface area contributed by atoms with Crippen molar-refractivity contribution in [2.75, 3.05) is 6.61 Å². The maximum Gasteiger partial charge on any atom is 0.264 e. The van der Waals surface area contributed by atoms with Crippen molar-refractivity contribution in [1.29, 1.82) is 0 Å². The molecule has 1 heterocycles. The number of fused-ring (bicyclic) bond motifs is 1. The molecule has 5 nitrogen and oxygen atoms in total. The monoisotopic (exact) mass is 365 g/mol. The van der Waals surface area contributed by atoms with Crippen LogP contribution in [0.15, 0.2) is 48.5 Å². The van der Waals surface area contributed by atoms with Crippen LogP contribution >= 0.6 is 0 Å². The Balaban J connectivity index is 1.42. The first kappa shape index (κ1) is 17.6. The van der Waals surface area contributed by atoms with E-state index in [0.717, 1.165) is 17.3 Å². The van der Waals surface area contributed by atoms with Crippen molar-refractivity contribution in [3.63, 3.8) is 0 Å². The van der Waals surface area contributed by atoms with Gasteiger partial charge >= 0.3 is 0 Å². The van der Waals surface area contributed by atoms with Crippen molar-refractivity contribution in [2.24, 2.45) is 5.92 Å². The normalized spacial score (nSPS) is 17.9. The van der Waals surface area contributed by atoms with Crippen molar-refractivity contribution >= 4 is 11.8 Å². The Hall–Kier alpha value is -2.82. The number of carbonyl (C=O) groups excluding carboxylic acids is 2. The molecule has 0 N–H and O–H groups in total. The van der Waals surface area contributed by atoms with Crippen LogP contribution < -0.4 is 9.47 Å². The van der Waals surface area contributed by atoms with Crippen molar-refractivity contribution in [1.82, 2.24) is 4.90 Å². The number of carbonyl (C=O) groups is 2. The van der Waals surface area contributed by atoms with Gasteiger partial charge in [-0.25, -0.2) is 4.90 Å². The number of ether oxygens (including phenoxy) is 2. The van der Waals surface area contributed by atoms with E-state index >= 15 is 0 Å². The van der Waals surface area contributed by atoms with Crippen LogP contribution in [0.1, 0.15) is 53.3 Å². The molecule has 5 heteroatoms. The van der Waals surface area contributed by atoms with Crippen LogP contribution in [-0.4, -0.2) is 29.5 Å². The summed E-state index contributed by atoms with van der Waals surface area (Å²) in [7, 11) is 0. The quantitative estimate of drug-likeness (QED) is 0.717. The second-order valence-electron chi connectivity index (χ2n) is 7.18. The molecule has 2 aromatic carbocycles. The zero-order valence-corrected chi connectivity index (χ0v) is 15.4. The lowest BCUT2D eigenvalue weighted by Gasteiger charge is -2.23.